The largest absolute Gasteiger partial charge is 0.476 e. The highest BCUT2D eigenvalue weighted by molar-refractivity contribution is 5.86. The van der Waals surface area contributed by atoms with Gasteiger partial charge in [-0.1, -0.05) is 5.21 Å². The molecule has 2 aromatic rings. The predicted molar refractivity (Wildman–Crippen MR) is 59.7 cm³/mol. The highest BCUT2D eigenvalue weighted by atomic mass is 19.1. The van der Waals surface area contributed by atoms with Crippen molar-refractivity contribution in [3.05, 3.63) is 45.5 Å². The quantitative estimate of drug-likeness (QED) is 0.662. The Labute approximate surface area is 105 Å². The second-order valence-corrected chi connectivity index (χ2v) is 3.63. The van der Waals surface area contributed by atoms with Gasteiger partial charge in [-0.15, -0.1) is 5.10 Å². The highest BCUT2D eigenvalue weighted by Crippen LogP contribution is 2.24. The molecular formula is C10H7FN4O4. The van der Waals surface area contributed by atoms with E-state index in [0.717, 1.165) is 22.9 Å². The zero-order valence-corrected chi connectivity index (χ0v) is 9.57. The Morgan fingerprint density at radius 3 is 2.74 bits per heavy atom. The first-order valence-corrected chi connectivity index (χ1v) is 5.01. The highest BCUT2D eigenvalue weighted by Gasteiger charge is 2.22. The second-order valence-electron chi connectivity index (χ2n) is 3.63. The molecule has 0 spiro atoms. The first-order valence-electron chi connectivity index (χ1n) is 5.01. The van der Waals surface area contributed by atoms with Crippen molar-refractivity contribution in [2.45, 2.75) is 6.92 Å². The molecule has 0 atom stereocenters. The minimum atomic E-state index is -1.30. The normalized spacial score (nSPS) is 10.4. The van der Waals surface area contributed by atoms with Gasteiger partial charge in [0.2, 0.25) is 0 Å². The standard InChI is InChI=1S/C10H7FN4O4/c1-5-9(10(16)17)12-13-14(5)7-3-2-6(11)4-8(7)15(18)19/h2-4H,1H3,(H,16,17). The van der Waals surface area contributed by atoms with Gasteiger partial charge in [0.25, 0.3) is 5.69 Å². The maximum atomic E-state index is 13.0. The molecule has 2 rings (SSSR count). The van der Waals surface area contributed by atoms with Crippen LogP contribution in [0.3, 0.4) is 0 Å². The number of nitrogens with zero attached hydrogens (tertiary/aromatic N) is 4. The van der Waals surface area contributed by atoms with Crippen LogP contribution >= 0.6 is 0 Å². The van der Waals surface area contributed by atoms with Crippen molar-refractivity contribution < 1.29 is 19.2 Å². The molecule has 0 saturated heterocycles. The van der Waals surface area contributed by atoms with E-state index in [0.29, 0.717) is 0 Å². The number of nitro benzene ring substituents is 1. The molecule has 1 heterocycles. The van der Waals surface area contributed by atoms with Crippen molar-refractivity contribution >= 4 is 11.7 Å². The lowest BCUT2D eigenvalue weighted by atomic mass is 10.2. The van der Waals surface area contributed by atoms with Crippen molar-refractivity contribution in [2.24, 2.45) is 0 Å². The van der Waals surface area contributed by atoms with Gasteiger partial charge in [0.1, 0.15) is 11.5 Å². The summed E-state index contributed by atoms with van der Waals surface area (Å²) in [5.41, 5.74) is -0.783. The van der Waals surface area contributed by atoms with E-state index >= 15 is 0 Å². The molecule has 0 aliphatic rings. The number of aromatic carboxylic acids is 1. The van der Waals surface area contributed by atoms with Crippen LogP contribution in [-0.2, 0) is 0 Å². The third-order valence-corrected chi connectivity index (χ3v) is 2.46. The summed E-state index contributed by atoms with van der Waals surface area (Å²) in [7, 11) is 0. The molecule has 9 heteroatoms. The minimum absolute atomic E-state index is 0.0519. The summed E-state index contributed by atoms with van der Waals surface area (Å²) in [5, 5.41) is 26.6. The average molecular weight is 266 g/mol. The van der Waals surface area contributed by atoms with Crippen LogP contribution in [0.4, 0.5) is 10.1 Å². The van der Waals surface area contributed by atoms with Crippen molar-refractivity contribution in [1.29, 1.82) is 0 Å². The molecule has 0 saturated carbocycles. The molecule has 19 heavy (non-hydrogen) atoms. The summed E-state index contributed by atoms with van der Waals surface area (Å²) < 4.78 is 14.0. The van der Waals surface area contributed by atoms with E-state index in [1.54, 1.807) is 0 Å². The van der Waals surface area contributed by atoms with E-state index < -0.39 is 22.4 Å². The average Bonchev–Trinajstić information content (AvgIpc) is 2.71. The van der Waals surface area contributed by atoms with E-state index in [4.69, 9.17) is 5.11 Å². The number of hydrogen-bond donors (Lipinski definition) is 1. The Morgan fingerprint density at radius 2 is 2.21 bits per heavy atom. The van der Waals surface area contributed by atoms with Gasteiger partial charge in [-0.2, -0.15) is 0 Å². The number of rotatable bonds is 3. The minimum Gasteiger partial charge on any atom is -0.476 e. The first-order chi connectivity index (χ1) is 8.91. The number of carbonyl (C=O) groups is 1. The van der Waals surface area contributed by atoms with Crippen LogP contribution in [-0.4, -0.2) is 31.0 Å². The molecule has 0 bridgehead atoms. The van der Waals surface area contributed by atoms with Gasteiger partial charge in [-0.3, -0.25) is 10.1 Å². The van der Waals surface area contributed by atoms with Crippen LogP contribution in [0.15, 0.2) is 18.2 Å². The fourth-order valence-electron chi connectivity index (χ4n) is 1.58. The van der Waals surface area contributed by atoms with E-state index in [-0.39, 0.29) is 17.1 Å². The lowest BCUT2D eigenvalue weighted by Gasteiger charge is -2.04. The monoisotopic (exact) mass is 266 g/mol. The van der Waals surface area contributed by atoms with Gasteiger partial charge in [0.15, 0.2) is 5.69 Å². The molecule has 0 fully saturated rings. The van der Waals surface area contributed by atoms with E-state index in [2.05, 4.69) is 10.3 Å². The van der Waals surface area contributed by atoms with Gasteiger partial charge >= 0.3 is 5.97 Å². The number of carboxylic acids is 1. The molecule has 1 aromatic carbocycles. The zero-order valence-electron chi connectivity index (χ0n) is 9.57. The summed E-state index contributed by atoms with van der Waals surface area (Å²) in [6.07, 6.45) is 0. The van der Waals surface area contributed by atoms with E-state index in [9.17, 15) is 19.3 Å². The van der Waals surface area contributed by atoms with Crippen LogP contribution in [0.1, 0.15) is 16.2 Å². The Hall–Kier alpha value is -2.84. The molecule has 0 unspecified atom stereocenters. The SMILES string of the molecule is Cc1c(C(=O)O)nnn1-c1ccc(F)cc1[N+](=O)[O-]. The molecular weight excluding hydrogens is 259 g/mol. The van der Waals surface area contributed by atoms with Crippen molar-refractivity contribution in [3.8, 4) is 5.69 Å². The molecule has 1 N–H and O–H groups in total. The molecule has 98 valence electrons. The number of benzene rings is 1. The smallest absolute Gasteiger partial charge is 0.358 e. The number of nitro groups is 1. The van der Waals surface area contributed by atoms with Gasteiger partial charge in [-0.25, -0.2) is 13.9 Å². The lowest BCUT2D eigenvalue weighted by molar-refractivity contribution is -0.384. The second kappa shape index (κ2) is 4.44. The summed E-state index contributed by atoms with van der Waals surface area (Å²) in [6.45, 7) is 1.40. The Bertz CT molecular complexity index is 682. The maximum Gasteiger partial charge on any atom is 0.358 e. The Balaban J connectivity index is 2.66. The Morgan fingerprint density at radius 1 is 1.53 bits per heavy atom. The Kier molecular flexibility index (Phi) is 2.95. The summed E-state index contributed by atoms with van der Waals surface area (Å²) in [6, 6.07) is 2.89. The maximum absolute atomic E-state index is 13.0. The number of aromatic nitrogens is 3. The molecule has 0 aliphatic carbocycles. The fraction of sp³-hybridized carbons (Fsp3) is 0.100. The molecule has 0 radical (unpaired) electrons. The van der Waals surface area contributed by atoms with Crippen LogP contribution in [0, 0.1) is 22.9 Å². The van der Waals surface area contributed by atoms with E-state index in [1.807, 2.05) is 0 Å². The fourth-order valence-corrected chi connectivity index (χ4v) is 1.58. The topological polar surface area (TPSA) is 111 Å². The van der Waals surface area contributed by atoms with Crippen molar-refractivity contribution in [1.82, 2.24) is 15.0 Å². The summed E-state index contributed by atoms with van der Waals surface area (Å²) in [4.78, 5) is 20.9. The van der Waals surface area contributed by atoms with E-state index in [1.165, 1.54) is 6.92 Å². The van der Waals surface area contributed by atoms with Crippen molar-refractivity contribution in [3.63, 3.8) is 0 Å². The number of hydrogen-bond acceptors (Lipinski definition) is 5. The van der Waals surface area contributed by atoms with Crippen molar-refractivity contribution in [2.75, 3.05) is 0 Å². The zero-order chi connectivity index (χ0) is 14.2. The summed E-state index contributed by atoms with van der Waals surface area (Å²) >= 11 is 0. The van der Waals surface area contributed by atoms with Crippen LogP contribution in [0.25, 0.3) is 5.69 Å². The van der Waals surface area contributed by atoms with Gasteiger partial charge in [0.05, 0.1) is 16.7 Å². The van der Waals surface area contributed by atoms with Gasteiger partial charge < -0.3 is 5.11 Å². The number of halogens is 1. The van der Waals surface area contributed by atoms with Crippen LogP contribution < -0.4 is 0 Å². The lowest BCUT2D eigenvalue weighted by Crippen LogP contribution is -2.05. The summed E-state index contributed by atoms with van der Waals surface area (Å²) in [5.74, 6) is -2.07. The van der Waals surface area contributed by atoms with Gasteiger partial charge in [-0.05, 0) is 19.1 Å². The van der Waals surface area contributed by atoms with Crippen LogP contribution in [0.2, 0.25) is 0 Å². The third kappa shape index (κ3) is 2.12. The molecule has 0 amide bonds. The first kappa shape index (κ1) is 12.6. The molecule has 8 nitrogen and oxygen atoms in total. The number of carboxylic acid groups (broad SMARTS) is 1. The molecule has 1 aromatic heterocycles. The third-order valence-electron chi connectivity index (χ3n) is 2.46. The van der Waals surface area contributed by atoms with Gasteiger partial charge in [0, 0.05) is 0 Å². The molecule has 0 aliphatic heterocycles. The van der Waals surface area contributed by atoms with Crippen LogP contribution in [0.5, 0.6) is 0 Å². The predicted octanol–water partition coefficient (Wildman–Crippen LogP) is 1.32.